The van der Waals surface area contributed by atoms with Crippen LogP contribution in [0, 0.1) is 13.8 Å². The molecule has 0 fully saturated rings. The van der Waals surface area contributed by atoms with Crippen molar-refractivity contribution >= 4 is 23.4 Å². The highest BCUT2D eigenvalue weighted by Gasteiger charge is 2.20. The first-order valence-corrected chi connectivity index (χ1v) is 9.91. The van der Waals surface area contributed by atoms with E-state index in [-0.39, 0.29) is 11.2 Å². The van der Waals surface area contributed by atoms with E-state index in [2.05, 4.69) is 41.5 Å². The average molecular weight is 381 g/mol. The fourth-order valence-electron chi connectivity index (χ4n) is 2.76. The number of carbonyl (C=O) groups excluding carboxylic acids is 1. The van der Waals surface area contributed by atoms with E-state index in [4.69, 9.17) is 0 Å². The third-order valence-electron chi connectivity index (χ3n) is 4.34. The zero-order valence-corrected chi connectivity index (χ0v) is 16.9. The lowest BCUT2D eigenvalue weighted by Gasteiger charge is -2.14. The van der Waals surface area contributed by atoms with Crippen LogP contribution in [0.1, 0.15) is 30.8 Å². The van der Waals surface area contributed by atoms with Crippen molar-refractivity contribution in [2.75, 3.05) is 5.32 Å². The predicted molar refractivity (Wildman–Crippen MR) is 111 cm³/mol. The second-order valence-corrected chi connectivity index (χ2v) is 7.81. The Morgan fingerprint density at radius 2 is 1.89 bits per heavy atom. The molecule has 0 bridgehead atoms. The lowest BCUT2D eigenvalue weighted by atomic mass is 10.1. The van der Waals surface area contributed by atoms with Crippen LogP contribution in [0.3, 0.4) is 0 Å². The average Bonchev–Trinajstić information content (AvgIpc) is 3.02. The summed E-state index contributed by atoms with van der Waals surface area (Å²) in [7, 11) is 0. The molecule has 0 saturated heterocycles. The summed E-state index contributed by atoms with van der Waals surface area (Å²) in [5, 5.41) is 11.8. The van der Waals surface area contributed by atoms with E-state index in [0.29, 0.717) is 5.16 Å². The third-order valence-corrected chi connectivity index (χ3v) is 5.38. The Labute approximate surface area is 164 Å². The number of rotatable bonds is 6. The smallest absolute Gasteiger partial charge is 0.237 e. The summed E-state index contributed by atoms with van der Waals surface area (Å²) in [5.74, 6) is 0.742. The summed E-state index contributed by atoms with van der Waals surface area (Å²) in [4.78, 5) is 12.6. The number of hydrogen-bond acceptors (Lipinski definition) is 4. The van der Waals surface area contributed by atoms with Gasteiger partial charge in [0.2, 0.25) is 5.91 Å². The second-order valence-electron chi connectivity index (χ2n) is 6.50. The van der Waals surface area contributed by atoms with Gasteiger partial charge in [-0.05, 0) is 62.6 Å². The molecule has 3 aromatic rings. The molecule has 1 unspecified atom stereocenters. The fraction of sp³-hybridized carbons (Fsp3) is 0.286. The van der Waals surface area contributed by atoms with Gasteiger partial charge in [-0.2, -0.15) is 0 Å². The summed E-state index contributed by atoms with van der Waals surface area (Å²) in [6.45, 7) is 7.96. The molecule has 5 nitrogen and oxygen atoms in total. The van der Waals surface area contributed by atoms with Crippen molar-refractivity contribution in [2.45, 2.75) is 44.5 Å². The van der Waals surface area contributed by atoms with Gasteiger partial charge >= 0.3 is 0 Å². The summed E-state index contributed by atoms with van der Waals surface area (Å²) in [5.41, 5.74) is 4.22. The molecule has 140 valence electrons. The second kappa shape index (κ2) is 8.39. The van der Waals surface area contributed by atoms with Crippen molar-refractivity contribution < 1.29 is 4.79 Å². The lowest BCUT2D eigenvalue weighted by Crippen LogP contribution is -2.22. The van der Waals surface area contributed by atoms with Gasteiger partial charge in [-0.25, -0.2) is 0 Å². The molecule has 0 aliphatic heterocycles. The zero-order chi connectivity index (χ0) is 19.4. The molecule has 2 aromatic carbocycles. The van der Waals surface area contributed by atoms with E-state index >= 15 is 0 Å². The summed E-state index contributed by atoms with van der Waals surface area (Å²) in [6, 6.07) is 16.1. The summed E-state index contributed by atoms with van der Waals surface area (Å²) in [6.07, 6.45) is 0.981. The number of benzene rings is 2. The van der Waals surface area contributed by atoms with Gasteiger partial charge in [0.1, 0.15) is 5.82 Å². The maximum atomic E-state index is 12.6. The number of amides is 1. The highest BCUT2D eigenvalue weighted by molar-refractivity contribution is 8.00. The van der Waals surface area contributed by atoms with Gasteiger partial charge in [0, 0.05) is 11.4 Å². The number of nitrogens with one attached hydrogen (secondary N) is 1. The maximum Gasteiger partial charge on any atom is 0.237 e. The van der Waals surface area contributed by atoms with E-state index in [9.17, 15) is 4.79 Å². The molecule has 3 rings (SSSR count). The molecule has 1 heterocycles. The van der Waals surface area contributed by atoms with Crippen LogP contribution >= 0.6 is 11.8 Å². The summed E-state index contributed by atoms with van der Waals surface area (Å²) >= 11 is 1.40. The van der Waals surface area contributed by atoms with Crippen LogP contribution in [0.15, 0.2) is 53.7 Å². The van der Waals surface area contributed by atoms with Gasteiger partial charge in [0.05, 0.1) is 5.25 Å². The molecule has 27 heavy (non-hydrogen) atoms. The van der Waals surface area contributed by atoms with Crippen LogP contribution in [0.25, 0.3) is 5.69 Å². The van der Waals surface area contributed by atoms with Crippen LogP contribution in [0.2, 0.25) is 0 Å². The predicted octanol–water partition coefficient (Wildman–Crippen LogP) is 4.57. The van der Waals surface area contributed by atoms with Crippen molar-refractivity contribution in [3.05, 3.63) is 65.5 Å². The van der Waals surface area contributed by atoms with Crippen LogP contribution < -0.4 is 5.32 Å². The van der Waals surface area contributed by atoms with Crippen LogP contribution in [0.5, 0.6) is 0 Å². The Morgan fingerprint density at radius 1 is 1.15 bits per heavy atom. The topological polar surface area (TPSA) is 59.8 Å². The van der Waals surface area contributed by atoms with Crippen molar-refractivity contribution in [1.82, 2.24) is 14.8 Å². The number of aryl methyl sites for hydroxylation is 3. The quantitative estimate of drug-likeness (QED) is 0.637. The first kappa shape index (κ1) is 19.2. The minimum atomic E-state index is -0.303. The van der Waals surface area contributed by atoms with Crippen LogP contribution in [-0.4, -0.2) is 25.9 Å². The maximum absolute atomic E-state index is 12.6. The Kier molecular flexibility index (Phi) is 5.96. The molecular formula is C21H24N4OS. The standard InChI is InChI=1S/C21H24N4OS/c1-5-17-9-11-18(12-10-17)22-20(26)15(3)27-21-24-23-16(4)25(21)19-8-6-7-14(2)13-19/h6-13,15H,5H2,1-4H3,(H,22,26). The molecular weight excluding hydrogens is 356 g/mol. The Hall–Kier alpha value is -2.60. The molecule has 0 aliphatic carbocycles. The highest BCUT2D eigenvalue weighted by Crippen LogP contribution is 2.26. The zero-order valence-electron chi connectivity index (χ0n) is 16.1. The molecule has 0 spiro atoms. The molecule has 1 N–H and O–H groups in total. The van der Waals surface area contributed by atoms with Crippen molar-refractivity contribution in [3.8, 4) is 5.69 Å². The molecule has 0 saturated carbocycles. The Balaban J connectivity index is 1.74. The molecule has 1 amide bonds. The Morgan fingerprint density at radius 3 is 2.56 bits per heavy atom. The van der Waals surface area contributed by atoms with Gasteiger partial charge < -0.3 is 5.32 Å². The van der Waals surface area contributed by atoms with Crippen molar-refractivity contribution in [1.29, 1.82) is 0 Å². The number of anilines is 1. The number of thioether (sulfide) groups is 1. The molecule has 1 aromatic heterocycles. The van der Waals surface area contributed by atoms with Gasteiger partial charge in [0.15, 0.2) is 5.16 Å². The largest absolute Gasteiger partial charge is 0.325 e. The number of aromatic nitrogens is 3. The Bertz CT molecular complexity index is 934. The van der Waals surface area contributed by atoms with Crippen LogP contribution in [0.4, 0.5) is 5.69 Å². The minimum absolute atomic E-state index is 0.0549. The first-order valence-electron chi connectivity index (χ1n) is 9.03. The molecule has 0 aliphatic rings. The highest BCUT2D eigenvalue weighted by atomic mass is 32.2. The van der Waals surface area contributed by atoms with Crippen molar-refractivity contribution in [3.63, 3.8) is 0 Å². The number of nitrogens with zero attached hydrogens (tertiary/aromatic N) is 3. The van der Waals surface area contributed by atoms with E-state index in [1.165, 1.54) is 17.3 Å². The number of carbonyl (C=O) groups is 1. The van der Waals surface area contributed by atoms with Gasteiger partial charge in [-0.1, -0.05) is 43.0 Å². The number of hydrogen-bond donors (Lipinski definition) is 1. The van der Waals surface area contributed by atoms with E-state index in [1.54, 1.807) is 0 Å². The third kappa shape index (κ3) is 4.57. The lowest BCUT2D eigenvalue weighted by molar-refractivity contribution is -0.115. The molecule has 0 radical (unpaired) electrons. The minimum Gasteiger partial charge on any atom is -0.325 e. The monoisotopic (exact) mass is 380 g/mol. The van der Waals surface area contributed by atoms with Gasteiger partial charge in [-0.3, -0.25) is 9.36 Å². The van der Waals surface area contributed by atoms with Crippen molar-refractivity contribution in [2.24, 2.45) is 0 Å². The summed E-state index contributed by atoms with van der Waals surface area (Å²) < 4.78 is 1.98. The first-order chi connectivity index (χ1) is 13.0. The van der Waals surface area contributed by atoms with E-state index in [1.807, 2.05) is 54.8 Å². The van der Waals surface area contributed by atoms with Gasteiger partial charge in [0.25, 0.3) is 0 Å². The van der Waals surface area contributed by atoms with Gasteiger partial charge in [-0.15, -0.1) is 10.2 Å². The van der Waals surface area contributed by atoms with E-state index in [0.717, 1.165) is 29.2 Å². The SMILES string of the molecule is CCc1ccc(NC(=O)C(C)Sc2nnc(C)n2-c2cccc(C)c2)cc1. The normalized spacial score (nSPS) is 12.0. The molecule has 1 atom stereocenters. The fourth-order valence-corrected chi connectivity index (χ4v) is 3.68. The van der Waals surface area contributed by atoms with E-state index < -0.39 is 0 Å². The van der Waals surface area contributed by atoms with Crippen LogP contribution in [-0.2, 0) is 11.2 Å². The molecule has 6 heteroatoms.